The molecular formula is C18H22N4O6S. The van der Waals surface area contributed by atoms with Gasteiger partial charge in [-0.2, -0.15) is 9.40 Å². The minimum Gasteiger partial charge on any atom is -0.477 e. The molecule has 1 fully saturated rings. The number of piperidine rings is 1. The van der Waals surface area contributed by atoms with Gasteiger partial charge in [-0.25, -0.2) is 13.1 Å². The molecular weight excluding hydrogens is 400 g/mol. The van der Waals surface area contributed by atoms with Crippen LogP contribution in [-0.2, 0) is 10.0 Å². The molecule has 0 N–H and O–H groups in total. The van der Waals surface area contributed by atoms with E-state index in [0.29, 0.717) is 13.1 Å². The van der Waals surface area contributed by atoms with Crippen LogP contribution in [0.1, 0.15) is 35.4 Å². The number of rotatable bonds is 6. The molecule has 29 heavy (non-hydrogen) atoms. The van der Waals surface area contributed by atoms with Gasteiger partial charge in [0.1, 0.15) is 4.90 Å². The normalized spacial score (nSPS) is 15.2. The van der Waals surface area contributed by atoms with Gasteiger partial charge in [0, 0.05) is 19.2 Å². The molecule has 0 saturated carbocycles. The summed E-state index contributed by atoms with van der Waals surface area (Å²) in [6, 6.07) is 5.70. The van der Waals surface area contributed by atoms with Gasteiger partial charge in [0.05, 0.1) is 16.3 Å². The van der Waals surface area contributed by atoms with E-state index >= 15 is 0 Å². The van der Waals surface area contributed by atoms with Gasteiger partial charge in [-0.05, 0) is 32.8 Å². The number of nitro benzene ring substituents is 1. The third kappa shape index (κ3) is 4.15. The second-order valence-electron chi connectivity index (χ2n) is 6.78. The first kappa shape index (κ1) is 20.9. The third-order valence-corrected chi connectivity index (χ3v) is 6.94. The molecule has 11 heteroatoms. The Kier molecular flexibility index (Phi) is 5.99. The van der Waals surface area contributed by atoms with Crippen LogP contribution in [0.4, 0.5) is 5.69 Å². The lowest BCUT2D eigenvalue weighted by atomic mass is 10.2. The number of nitro groups is 1. The molecule has 1 aromatic carbocycles. The first-order valence-electron chi connectivity index (χ1n) is 9.19. The first-order valence-corrected chi connectivity index (χ1v) is 10.6. The van der Waals surface area contributed by atoms with Crippen LogP contribution in [-0.4, -0.2) is 53.0 Å². The molecule has 3 rings (SSSR count). The number of hydrogen-bond donors (Lipinski definition) is 0. The zero-order valence-electron chi connectivity index (χ0n) is 16.2. The van der Waals surface area contributed by atoms with E-state index in [-0.39, 0.29) is 27.7 Å². The van der Waals surface area contributed by atoms with Crippen LogP contribution in [0.5, 0.6) is 5.75 Å². The van der Waals surface area contributed by atoms with Crippen LogP contribution in [0.25, 0.3) is 0 Å². The lowest BCUT2D eigenvalue weighted by molar-refractivity contribution is -0.385. The Hall–Kier alpha value is -2.79. The zero-order chi connectivity index (χ0) is 21.2. The molecule has 0 unspecified atom stereocenters. The number of carbonyl (C=O) groups is 1. The highest BCUT2D eigenvalue weighted by molar-refractivity contribution is 7.89. The van der Waals surface area contributed by atoms with Crippen LogP contribution >= 0.6 is 0 Å². The minimum atomic E-state index is -3.75. The maximum Gasteiger partial charge on any atom is 0.310 e. The largest absolute Gasteiger partial charge is 0.477 e. The predicted molar refractivity (Wildman–Crippen MR) is 104 cm³/mol. The number of hydrogen-bond acceptors (Lipinski definition) is 7. The van der Waals surface area contributed by atoms with Gasteiger partial charge in [-0.1, -0.05) is 18.6 Å². The summed E-state index contributed by atoms with van der Waals surface area (Å²) in [6.07, 6.45) is 2.59. The lowest BCUT2D eigenvalue weighted by Gasteiger charge is -2.25. The molecule has 2 heterocycles. The lowest BCUT2D eigenvalue weighted by Crippen LogP contribution is -2.36. The molecule has 2 aromatic rings. The molecule has 0 bridgehead atoms. The summed E-state index contributed by atoms with van der Waals surface area (Å²) in [6.45, 7) is 3.43. The Morgan fingerprint density at radius 3 is 2.52 bits per heavy atom. The number of para-hydroxylation sites is 2. The molecule has 0 atom stereocenters. The van der Waals surface area contributed by atoms with Gasteiger partial charge in [0.15, 0.2) is 12.4 Å². The Balaban J connectivity index is 1.83. The highest BCUT2D eigenvalue weighted by Crippen LogP contribution is 2.27. The van der Waals surface area contributed by atoms with E-state index in [4.69, 9.17) is 4.74 Å². The number of aromatic nitrogens is 2. The van der Waals surface area contributed by atoms with E-state index in [1.807, 2.05) is 0 Å². The fraction of sp³-hybridized carbons (Fsp3) is 0.444. The molecule has 1 aliphatic heterocycles. The highest BCUT2D eigenvalue weighted by Gasteiger charge is 2.33. The summed E-state index contributed by atoms with van der Waals surface area (Å²) in [7, 11) is -3.75. The van der Waals surface area contributed by atoms with Crippen LogP contribution in [0.3, 0.4) is 0 Å². The number of sulfonamides is 1. The highest BCUT2D eigenvalue weighted by atomic mass is 32.2. The Labute approximate surface area is 168 Å². The van der Waals surface area contributed by atoms with E-state index in [1.165, 1.54) is 36.4 Å². The molecule has 156 valence electrons. The summed E-state index contributed by atoms with van der Waals surface area (Å²) in [4.78, 5) is 23.1. The van der Waals surface area contributed by atoms with Crippen LogP contribution in [0, 0.1) is 24.0 Å². The summed E-state index contributed by atoms with van der Waals surface area (Å²) in [5, 5.41) is 15.1. The SMILES string of the molecule is Cc1nn(C(=O)COc2ccccc2[N+](=O)[O-])c(C)c1S(=O)(=O)N1CCCCC1. The number of ether oxygens (including phenoxy) is 1. The van der Waals surface area contributed by atoms with E-state index in [9.17, 15) is 23.3 Å². The Morgan fingerprint density at radius 2 is 1.86 bits per heavy atom. The van der Waals surface area contributed by atoms with E-state index in [0.717, 1.165) is 23.9 Å². The van der Waals surface area contributed by atoms with Gasteiger partial charge in [0.2, 0.25) is 10.0 Å². The molecule has 1 saturated heterocycles. The number of aryl methyl sites for hydroxylation is 1. The van der Waals surface area contributed by atoms with Crippen molar-refractivity contribution < 1.29 is 22.9 Å². The predicted octanol–water partition coefficient (Wildman–Crippen LogP) is 2.30. The molecule has 0 spiro atoms. The Bertz CT molecular complexity index is 1040. The fourth-order valence-electron chi connectivity index (χ4n) is 3.41. The average Bonchev–Trinajstić information content (AvgIpc) is 3.01. The number of benzene rings is 1. The molecule has 0 aliphatic carbocycles. The van der Waals surface area contributed by atoms with Crippen molar-refractivity contribution in [2.75, 3.05) is 19.7 Å². The van der Waals surface area contributed by atoms with Crippen molar-refractivity contribution >= 4 is 21.6 Å². The number of nitrogens with zero attached hydrogens (tertiary/aromatic N) is 4. The average molecular weight is 422 g/mol. The smallest absolute Gasteiger partial charge is 0.310 e. The van der Waals surface area contributed by atoms with Crippen LogP contribution in [0.2, 0.25) is 0 Å². The van der Waals surface area contributed by atoms with Gasteiger partial charge in [-0.3, -0.25) is 14.9 Å². The van der Waals surface area contributed by atoms with E-state index in [1.54, 1.807) is 6.07 Å². The van der Waals surface area contributed by atoms with Crippen molar-refractivity contribution in [1.82, 2.24) is 14.1 Å². The topological polar surface area (TPSA) is 125 Å². The summed E-state index contributed by atoms with van der Waals surface area (Å²) in [5.74, 6) is -0.669. The summed E-state index contributed by atoms with van der Waals surface area (Å²) >= 11 is 0. The van der Waals surface area contributed by atoms with Crippen molar-refractivity contribution in [2.24, 2.45) is 0 Å². The quantitative estimate of drug-likeness (QED) is 0.516. The van der Waals surface area contributed by atoms with Gasteiger partial charge >= 0.3 is 5.69 Å². The molecule has 1 aliphatic rings. The molecule has 0 amide bonds. The molecule has 1 aromatic heterocycles. The summed E-state index contributed by atoms with van der Waals surface area (Å²) < 4.78 is 33.8. The maximum absolute atomic E-state index is 13.0. The summed E-state index contributed by atoms with van der Waals surface area (Å²) in [5.41, 5.74) is 0.165. The van der Waals surface area contributed by atoms with Crippen LogP contribution in [0.15, 0.2) is 29.2 Å². The molecule has 10 nitrogen and oxygen atoms in total. The van der Waals surface area contributed by atoms with E-state index < -0.39 is 27.5 Å². The Morgan fingerprint density at radius 1 is 1.21 bits per heavy atom. The monoisotopic (exact) mass is 422 g/mol. The van der Waals surface area contributed by atoms with Gasteiger partial charge in [-0.15, -0.1) is 0 Å². The fourth-order valence-corrected chi connectivity index (χ4v) is 5.28. The molecule has 0 radical (unpaired) electrons. The first-order chi connectivity index (χ1) is 13.7. The van der Waals surface area contributed by atoms with Crippen molar-refractivity contribution in [3.63, 3.8) is 0 Å². The van der Waals surface area contributed by atoms with Gasteiger partial charge in [0.25, 0.3) is 5.91 Å². The second kappa shape index (κ2) is 8.29. The standard InChI is InChI=1S/C18H22N4O6S/c1-13-18(29(26,27)20-10-6-3-7-11-20)14(2)21(19-13)17(23)12-28-16-9-5-4-8-15(16)22(24)25/h4-5,8-9H,3,6-7,10-12H2,1-2H3. The third-order valence-electron chi connectivity index (χ3n) is 4.79. The number of carbonyl (C=O) groups excluding carboxylic acids is 1. The van der Waals surface area contributed by atoms with Crippen molar-refractivity contribution in [3.8, 4) is 5.75 Å². The van der Waals surface area contributed by atoms with Crippen molar-refractivity contribution in [2.45, 2.75) is 38.0 Å². The van der Waals surface area contributed by atoms with E-state index in [2.05, 4.69) is 5.10 Å². The zero-order valence-corrected chi connectivity index (χ0v) is 17.0. The minimum absolute atomic E-state index is 0.0263. The second-order valence-corrected chi connectivity index (χ2v) is 8.66. The van der Waals surface area contributed by atoms with Crippen molar-refractivity contribution in [1.29, 1.82) is 0 Å². The van der Waals surface area contributed by atoms with Crippen molar-refractivity contribution in [3.05, 3.63) is 45.8 Å². The van der Waals surface area contributed by atoms with Crippen LogP contribution < -0.4 is 4.74 Å². The van der Waals surface area contributed by atoms with Gasteiger partial charge < -0.3 is 4.74 Å². The maximum atomic E-state index is 13.0.